The molecule has 1 aliphatic rings. The minimum atomic E-state index is -0.993. The van der Waals surface area contributed by atoms with Crippen LogP contribution in [0.4, 0.5) is 16.3 Å². The van der Waals surface area contributed by atoms with Crippen LogP contribution in [0, 0.1) is 6.92 Å². The average Bonchev–Trinajstić information content (AvgIpc) is 3.00. The number of nitrogens with one attached hydrogen (secondary N) is 1. The van der Waals surface area contributed by atoms with E-state index in [4.69, 9.17) is 4.74 Å². The molecule has 1 saturated heterocycles. The van der Waals surface area contributed by atoms with Crippen LogP contribution in [0.5, 0.6) is 0 Å². The molecule has 1 aromatic carbocycles. The highest BCUT2D eigenvalue weighted by Crippen LogP contribution is 2.25. The Bertz CT molecular complexity index is 822. The molecular formula is C18H19N3O4. The Balaban J connectivity index is 1.88. The molecule has 2 N–H and O–H groups in total. The minimum absolute atomic E-state index is 0.199. The third kappa shape index (κ3) is 3.55. The van der Waals surface area contributed by atoms with Crippen LogP contribution in [0.2, 0.25) is 0 Å². The molecule has 0 saturated carbocycles. The van der Waals surface area contributed by atoms with Crippen molar-refractivity contribution in [2.75, 3.05) is 23.4 Å². The molecule has 1 fully saturated rings. The van der Waals surface area contributed by atoms with E-state index < -0.39 is 12.1 Å². The first-order valence-corrected chi connectivity index (χ1v) is 7.97. The number of cyclic esters (lactones) is 1. The molecule has 3 rings (SSSR count). The van der Waals surface area contributed by atoms with Crippen LogP contribution < -0.4 is 10.2 Å². The fourth-order valence-corrected chi connectivity index (χ4v) is 2.74. The molecule has 1 aliphatic heterocycles. The van der Waals surface area contributed by atoms with Crippen molar-refractivity contribution in [1.29, 1.82) is 0 Å². The van der Waals surface area contributed by atoms with E-state index in [2.05, 4.69) is 10.3 Å². The molecule has 2 aromatic rings. The third-order valence-corrected chi connectivity index (χ3v) is 3.99. The van der Waals surface area contributed by atoms with E-state index in [0.717, 1.165) is 11.3 Å². The summed E-state index contributed by atoms with van der Waals surface area (Å²) in [5.41, 5.74) is 2.40. The van der Waals surface area contributed by atoms with Crippen molar-refractivity contribution in [3.63, 3.8) is 0 Å². The van der Waals surface area contributed by atoms with E-state index in [9.17, 15) is 14.7 Å². The largest absolute Gasteiger partial charge is 0.478 e. The summed E-state index contributed by atoms with van der Waals surface area (Å²) < 4.78 is 4.96. The van der Waals surface area contributed by atoms with E-state index in [0.29, 0.717) is 24.7 Å². The second-order valence-electron chi connectivity index (χ2n) is 5.91. The normalized spacial score (nSPS) is 15.0. The highest BCUT2D eigenvalue weighted by atomic mass is 16.6. The Labute approximate surface area is 145 Å². The minimum Gasteiger partial charge on any atom is -0.478 e. The van der Waals surface area contributed by atoms with Gasteiger partial charge in [0.25, 0.3) is 0 Å². The molecule has 7 nitrogen and oxygen atoms in total. The van der Waals surface area contributed by atoms with Gasteiger partial charge in [-0.25, -0.2) is 14.6 Å². The van der Waals surface area contributed by atoms with Crippen molar-refractivity contribution < 1.29 is 19.4 Å². The van der Waals surface area contributed by atoms with Crippen LogP contribution in [0.25, 0.3) is 0 Å². The molecule has 0 spiro atoms. The molecule has 1 aromatic heterocycles. The molecule has 130 valence electrons. The Morgan fingerprint density at radius 2 is 2.12 bits per heavy atom. The van der Waals surface area contributed by atoms with Gasteiger partial charge in [0.05, 0.1) is 23.8 Å². The first-order valence-electron chi connectivity index (χ1n) is 7.97. The number of carboxylic acid groups (broad SMARTS) is 1. The highest BCUT2D eigenvalue weighted by Gasteiger charge is 2.25. The van der Waals surface area contributed by atoms with E-state index >= 15 is 0 Å². The Kier molecular flexibility index (Phi) is 4.56. The van der Waals surface area contributed by atoms with Gasteiger partial charge in [-0.05, 0) is 43.7 Å². The maximum absolute atomic E-state index is 11.8. The maximum Gasteiger partial charge on any atom is 0.415 e. The van der Waals surface area contributed by atoms with E-state index in [-0.39, 0.29) is 11.6 Å². The molecule has 0 bridgehead atoms. The highest BCUT2D eigenvalue weighted by molar-refractivity contribution is 5.94. The fraction of sp³-hybridized carbons (Fsp3) is 0.278. The number of benzene rings is 1. The zero-order valence-corrected chi connectivity index (χ0v) is 14.0. The summed E-state index contributed by atoms with van der Waals surface area (Å²) in [6.45, 7) is 4.64. The molecule has 25 heavy (non-hydrogen) atoms. The standard InChI is InChI=1S/C18H19N3O4/c1-11-9-15(20-16(10-11)21-7-8-25-18(21)24)12(2)19-14-6-4-3-5-13(14)17(22)23/h3-6,9-10,12,19H,7-8H2,1-2H3,(H,22,23). The summed E-state index contributed by atoms with van der Waals surface area (Å²) in [6, 6.07) is 10.2. The number of anilines is 2. The number of pyridine rings is 1. The predicted molar refractivity (Wildman–Crippen MR) is 93.1 cm³/mol. The molecule has 1 unspecified atom stereocenters. The second-order valence-corrected chi connectivity index (χ2v) is 5.91. The number of hydrogen-bond acceptors (Lipinski definition) is 5. The third-order valence-electron chi connectivity index (χ3n) is 3.99. The zero-order chi connectivity index (χ0) is 18.0. The maximum atomic E-state index is 11.8. The molecule has 0 aliphatic carbocycles. The van der Waals surface area contributed by atoms with Crippen LogP contribution in [-0.4, -0.2) is 35.3 Å². The number of rotatable bonds is 5. The lowest BCUT2D eigenvalue weighted by Gasteiger charge is -2.19. The Morgan fingerprint density at radius 1 is 1.36 bits per heavy atom. The van der Waals surface area contributed by atoms with Gasteiger partial charge in [0.1, 0.15) is 12.4 Å². The smallest absolute Gasteiger partial charge is 0.415 e. The van der Waals surface area contributed by atoms with Gasteiger partial charge in [0.15, 0.2) is 0 Å². The number of carbonyl (C=O) groups is 2. The predicted octanol–water partition coefficient (Wildman–Crippen LogP) is 3.22. The van der Waals surface area contributed by atoms with Crippen LogP contribution in [0.1, 0.15) is 34.6 Å². The number of aryl methyl sites for hydroxylation is 1. The van der Waals surface area contributed by atoms with Gasteiger partial charge in [-0.2, -0.15) is 0 Å². The lowest BCUT2D eigenvalue weighted by atomic mass is 10.1. The molecular weight excluding hydrogens is 322 g/mol. The summed E-state index contributed by atoms with van der Waals surface area (Å²) in [5.74, 6) is -0.453. The van der Waals surface area contributed by atoms with E-state index in [1.807, 2.05) is 26.0 Å². The topological polar surface area (TPSA) is 91.8 Å². The first-order chi connectivity index (χ1) is 12.0. The molecule has 0 radical (unpaired) electrons. The number of aromatic nitrogens is 1. The van der Waals surface area contributed by atoms with Crippen molar-refractivity contribution in [2.24, 2.45) is 0 Å². The van der Waals surface area contributed by atoms with Crippen LogP contribution >= 0.6 is 0 Å². The number of hydrogen-bond donors (Lipinski definition) is 2. The number of nitrogens with zero attached hydrogens (tertiary/aromatic N) is 2. The number of carbonyl (C=O) groups excluding carboxylic acids is 1. The van der Waals surface area contributed by atoms with Gasteiger partial charge in [-0.1, -0.05) is 12.1 Å². The van der Waals surface area contributed by atoms with Gasteiger partial charge in [-0.15, -0.1) is 0 Å². The Hall–Kier alpha value is -3.09. The van der Waals surface area contributed by atoms with Crippen LogP contribution in [0.15, 0.2) is 36.4 Å². The number of aromatic carboxylic acids is 1. The van der Waals surface area contributed by atoms with Gasteiger partial charge in [0, 0.05) is 5.69 Å². The van der Waals surface area contributed by atoms with Crippen LogP contribution in [-0.2, 0) is 4.74 Å². The molecule has 2 heterocycles. The molecule has 1 atom stereocenters. The number of amides is 1. The van der Waals surface area contributed by atoms with Crippen molar-refractivity contribution in [2.45, 2.75) is 19.9 Å². The average molecular weight is 341 g/mol. The number of para-hydroxylation sites is 1. The summed E-state index contributed by atoms with van der Waals surface area (Å²) in [4.78, 5) is 29.2. The van der Waals surface area contributed by atoms with Gasteiger partial charge >= 0.3 is 12.1 Å². The lowest BCUT2D eigenvalue weighted by molar-refractivity contribution is 0.0698. The van der Waals surface area contributed by atoms with E-state index in [1.54, 1.807) is 24.3 Å². The van der Waals surface area contributed by atoms with Crippen LogP contribution in [0.3, 0.4) is 0 Å². The van der Waals surface area contributed by atoms with Gasteiger partial charge in [-0.3, -0.25) is 4.90 Å². The lowest BCUT2D eigenvalue weighted by Crippen LogP contribution is -2.25. The summed E-state index contributed by atoms with van der Waals surface area (Å²) >= 11 is 0. The Morgan fingerprint density at radius 3 is 2.80 bits per heavy atom. The zero-order valence-electron chi connectivity index (χ0n) is 14.0. The van der Waals surface area contributed by atoms with Gasteiger partial charge in [0.2, 0.25) is 0 Å². The summed E-state index contributed by atoms with van der Waals surface area (Å²) in [5, 5.41) is 12.5. The van der Waals surface area contributed by atoms with Gasteiger partial charge < -0.3 is 15.2 Å². The molecule has 7 heteroatoms. The first kappa shape index (κ1) is 16.8. The summed E-state index contributed by atoms with van der Waals surface area (Å²) in [7, 11) is 0. The van der Waals surface area contributed by atoms with Crippen molar-refractivity contribution in [3.8, 4) is 0 Å². The second kappa shape index (κ2) is 6.80. The fourth-order valence-electron chi connectivity index (χ4n) is 2.74. The van der Waals surface area contributed by atoms with E-state index in [1.165, 1.54) is 4.90 Å². The molecule has 1 amide bonds. The monoisotopic (exact) mass is 341 g/mol. The van der Waals surface area contributed by atoms with Crippen molar-refractivity contribution in [3.05, 3.63) is 53.2 Å². The number of ether oxygens (including phenoxy) is 1. The summed E-state index contributed by atoms with van der Waals surface area (Å²) in [6.07, 6.45) is -0.402. The van der Waals surface area contributed by atoms with Crippen molar-refractivity contribution in [1.82, 2.24) is 4.98 Å². The SMILES string of the molecule is Cc1cc(C(C)Nc2ccccc2C(=O)O)nc(N2CCOC2=O)c1. The number of carboxylic acids is 1. The van der Waals surface area contributed by atoms with Crippen molar-refractivity contribution >= 4 is 23.6 Å². The quantitative estimate of drug-likeness (QED) is 0.867.